The maximum Gasteiger partial charge on any atom is 0.0708 e. The van der Waals surface area contributed by atoms with Crippen LogP contribution in [0.1, 0.15) is 5.56 Å². The Labute approximate surface area is 204 Å². The van der Waals surface area contributed by atoms with Crippen LogP contribution in [0.3, 0.4) is 0 Å². The average molecular weight is 450 g/mol. The summed E-state index contributed by atoms with van der Waals surface area (Å²) in [5.41, 5.74) is 8.84. The summed E-state index contributed by atoms with van der Waals surface area (Å²) in [4.78, 5) is 4.66. The van der Waals surface area contributed by atoms with Gasteiger partial charge < -0.3 is 9.98 Å². The molecule has 3 nitrogen and oxygen atoms in total. The normalized spacial score (nSPS) is 11.1. The summed E-state index contributed by atoms with van der Waals surface area (Å²) >= 11 is 0. The van der Waals surface area contributed by atoms with Crippen molar-refractivity contribution in [2.45, 2.75) is 0 Å². The Bertz CT molecular complexity index is 1730. The van der Waals surface area contributed by atoms with Crippen molar-refractivity contribution in [3.05, 3.63) is 134 Å². The molecule has 2 aromatic heterocycles. The maximum absolute atomic E-state index is 8.12. The number of nitrogens with zero attached hydrogens (tertiary/aromatic N) is 2. The van der Waals surface area contributed by atoms with Crippen LogP contribution >= 0.6 is 0 Å². The van der Waals surface area contributed by atoms with Crippen molar-refractivity contribution in [2.75, 3.05) is 0 Å². The van der Waals surface area contributed by atoms with E-state index in [0.717, 1.165) is 33.6 Å². The zero-order chi connectivity index (χ0) is 23.8. The SMILES string of the molecule is C=CC(=N)c1cccc(-c2cc(-c3cccc4c5ccccc5n(-c5ccccc5)c34)ccn2)c1. The van der Waals surface area contributed by atoms with Crippen molar-refractivity contribution in [1.29, 1.82) is 5.41 Å². The van der Waals surface area contributed by atoms with Gasteiger partial charge in [-0.1, -0.05) is 79.4 Å². The summed E-state index contributed by atoms with van der Waals surface area (Å²) in [5.74, 6) is 0. The van der Waals surface area contributed by atoms with Gasteiger partial charge in [0.1, 0.15) is 0 Å². The van der Waals surface area contributed by atoms with E-state index in [1.54, 1.807) is 6.08 Å². The fourth-order valence-corrected chi connectivity index (χ4v) is 4.82. The number of rotatable bonds is 5. The predicted molar refractivity (Wildman–Crippen MR) is 146 cm³/mol. The lowest BCUT2D eigenvalue weighted by molar-refractivity contribution is 1.18. The van der Waals surface area contributed by atoms with E-state index in [-0.39, 0.29) is 0 Å². The van der Waals surface area contributed by atoms with Crippen LogP contribution in [0.4, 0.5) is 0 Å². The second-order valence-corrected chi connectivity index (χ2v) is 8.52. The molecule has 0 spiro atoms. The minimum atomic E-state index is 0.403. The molecule has 1 N–H and O–H groups in total. The molecular formula is C32H23N3. The predicted octanol–water partition coefficient (Wildman–Crippen LogP) is 8.07. The second kappa shape index (κ2) is 8.54. The molecule has 0 amide bonds. The van der Waals surface area contributed by atoms with Crippen molar-refractivity contribution in [2.24, 2.45) is 0 Å². The Morgan fingerprint density at radius 2 is 1.51 bits per heavy atom. The quantitative estimate of drug-likeness (QED) is 0.266. The average Bonchev–Trinajstić information content (AvgIpc) is 3.28. The molecule has 0 fully saturated rings. The fourth-order valence-electron chi connectivity index (χ4n) is 4.82. The largest absolute Gasteiger partial charge is 0.309 e. The topological polar surface area (TPSA) is 41.7 Å². The monoisotopic (exact) mass is 449 g/mol. The van der Waals surface area contributed by atoms with Crippen LogP contribution < -0.4 is 0 Å². The number of hydrogen-bond donors (Lipinski definition) is 1. The van der Waals surface area contributed by atoms with Gasteiger partial charge in [0, 0.05) is 39.3 Å². The smallest absolute Gasteiger partial charge is 0.0708 e. The highest BCUT2D eigenvalue weighted by Crippen LogP contribution is 2.38. The Balaban J connectivity index is 1.60. The Morgan fingerprint density at radius 3 is 2.37 bits per heavy atom. The number of fused-ring (bicyclic) bond motifs is 3. The number of benzene rings is 4. The van der Waals surface area contributed by atoms with Gasteiger partial charge in [0.2, 0.25) is 0 Å². The first-order chi connectivity index (χ1) is 17.2. The van der Waals surface area contributed by atoms with Crippen LogP contribution in [-0.4, -0.2) is 15.3 Å². The van der Waals surface area contributed by atoms with Crippen LogP contribution in [0.5, 0.6) is 0 Å². The molecule has 6 aromatic rings. The third kappa shape index (κ3) is 3.54. The number of para-hydroxylation sites is 3. The van der Waals surface area contributed by atoms with Crippen molar-refractivity contribution in [3.63, 3.8) is 0 Å². The number of allylic oxidation sites excluding steroid dienone is 1. The van der Waals surface area contributed by atoms with E-state index in [2.05, 4.69) is 95.0 Å². The van der Waals surface area contributed by atoms with E-state index in [0.29, 0.717) is 5.71 Å². The zero-order valence-corrected chi connectivity index (χ0v) is 19.1. The van der Waals surface area contributed by atoms with Crippen LogP contribution in [0.15, 0.2) is 128 Å². The van der Waals surface area contributed by atoms with Crippen molar-refractivity contribution in [3.8, 4) is 28.1 Å². The molecule has 3 heteroatoms. The zero-order valence-electron chi connectivity index (χ0n) is 19.1. The summed E-state index contributed by atoms with van der Waals surface area (Å²) in [6.45, 7) is 3.73. The molecule has 35 heavy (non-hydrogen) atoms. The maximum atomic E-state index is 8.12. The van der Waals surface area contributed by atoms with Crippen molar-refractivity contribution >= 4 is 27.5 Å². The number of nitrogens with one attached hydrogen (secondary N) is 1. The highest BCUT2D eigenvalue weighted by Gasteiger charge is 2.16. The standard InChI is InChI=1S/C32H23N3/c1-2-29(33)23-10-8-11-24(20-23)30-21-22(18-19-34-30)26-15-9-16-28-27-14-6-7-17-31(27)35(32(26)28)25-12-4-3-5-13-25/h2-21,33H,1H2. The lowest BCUT2D eigenvalue weighted by atomic mass is 9.99. The lowest BCUT2D eigenvalue weighted by Gasteiger charge is -2.12. The van der Waals surface area contributed by atoms with Gasteiger partial charge in [-0.15, -0.1) is 0 Å². The summed E-state index contributed by atoms with van der Waals surface area (Å²) in [5, 5.41) is 10.6. The molecule has 0 saturated heterocycles. The van der Waals surface area contributed by atoms with Crippen LogP contribution in [0, 0.1) is 5.41 Å². The summed E-state index contributed by atoms with van der Waals surface area (Å²) in [6.07, 6.45) is 3.43. The van der Waals surface area contributed by atoms with E-state index >= 15 is 0 Å². The van der Waals surface area contributed by atoms with Crippen molar-refractivity contribution < 1.29 is 0 Å². The summed E-state index contributed by atoms with van der Waals surface area (Å²) in [7, 11) is 0. The third-order valence-electron chi connectivity index (χ3n) is 6.45. The third-order valence-corrected chi connectivity index (χ3v) is 6.45. The number of aromatic nitrogens is 2. The van der Waals surface area contributed by atoms with Crippen LogP contribution in [0.2, 0.25) is 0 Å². The van der Waals surface area contributed by atoms with E-state index in [1.807, 2.05) is 36.5 Å². The van der Waals surface area contributed by atoms with E-state index in [9.17, 15) is 0 Å². The molecule has 166 valence electrons. The summed E-state index contributed by atoms with van der Waals surface area (Å²) < 4.78 is 2.35. The molecule has 0 aliphatic rings. The van der Waals surface area contributed by atoms with Gasteiger partial charge in [0.15, 0.2) is 0 Å². The van der Waals surface area contributed by atoms with Gasteiger partial charge in [-0.05, 0) is 48.0 Å². The number of hydrogen-bond acceptors (Lipinski definition) is 2. The van der Waals surface area contributed by atoms with E-state index in [1.165, 1.54) is 21.8 Å². The molecule has 2 heterocycles. The van der Waals surface area contributed by atoms with Gasteiger partial charge in [-0.3, -0.25) is 4.98 Å². The van der Waals surface area contributed by atoms with Gasteiger partial charge >= 0.3 is 0 Å². The molecule has 4 aromatic carbocycles. The first-order valence-electron chi connectivity index (χ1n) is 11.6. The Hall–Kier alpha value is -4.76. The molecule has 0 radical (unpaired) electrons. The van der Waals surface area contributed by atoms with E-state index in [4.69, 9.17) is 5.41 Å². The van der Waals surface area contributed by atoms with Gasteiger partial charge in [0.25, 0.3) is 0 Å². The number of pyridine rings is 1. The first kappa shape index (κ1) is 20.8. The molecule has 0 unspecified atom stereocenters. The summed E-state index contributed by atoms with van der Waals surface area (Å²) in [6, 6.07) is 37.7. The second-order valence-electron chi connectivity index (χ2n) is 8.52. The van der Waals surface area contributed by atoms with Gasteiger partial charge in [-0.2, -0.15) is 0 Å². The molecule has 0 aliphatic heterocycles. The van der Waals surface area contributed by atoms with Crippen LogP contribution in [0.25, 0.3) is 49.9 Å². The van der Waals surface area contributed by atoms with Gasteiger partial charge in [-0.25, -0.2) is 0 Å². The lowest BCUT2D eigenvalue weighted by Crippen LogP contribution is -1.96. The van der Waals surface area contributed by atoms with E-state index < -0.39 is 0 Å². The highest BCUT2D eigenvalue weighted by atomic mass is 15.0. The van der Waals surface area contributed by atoms with Crippen LogP contribution in [-0.2, 0) is 0 Å². The molecule has 0 bridgehead atoms. The fraction of sp³-hybridized carbons (Fsp3) is 0. The Kier molecular flexibility index (Phi) is 5.08. The molecule has 0 aliphatic carbocycles. The molecule has 6 rings (SSSR count). The molecular weight excluding hydrogens is 426 g/mol. The van der Waals surface area contributed by atoms with Gasteiger partial charge in [0.05, 0.1) is 22.4 Å². The molecule has 0 saturated carbocycles. The van der Waals surface area contributed by atoms with Crippen molar-refractivity contribution in [1.82, 2.24) is 9.55 Å². The highest BCUT2D eigenvalue weighted by molar-refractivity contribution is 6.13. The minimum Gasteiger partial charge on any atom is -0.309 e. The Morgan fingerprint density at radius 1 is 0.743 bits per heavy atom. The molecule has 0 atom stereocenters. The minimum absolute atomic E-state index is 0.403. The first-order valence-corrected chi connectivity index (χ1v) is 11.6.